The fourth-order valence-electron chi connectivity index (χ4n) is 2.42. The van der Waals surface area contributed by atoms with E-state index in [1.54, 1.807) is 18.2 Å². The van der Waals surface area contributed by atoms with Gasteiger partial charge in [-0.25, -0.2) is 0 Å². The standard InChI is InChI=1S/C19H13Cl2NOS2/c1-12(7-13-5-3-2-4-6-13)8-17-18(23)22(19(24)25-17)16-10-14(20)9-15(21)11-16/h2-11H,1H3/b12-7-,17-8-. The fraction of sp³-hybridized carbons (Fsp3) is 0.0526. The topological polar surface area (TPSA) is 20.3 Å². The molecule has 1 aliphatic rings. The van der Waals surface area contributed by atoms with Crippen molar-refractivity contribution in [1.29, 1.82) is 0 Å². The monoisotopic (exact) mass is 405 g/mol. The minimum Gasteiger partial charge on any atom is -0.268 e. The van der Waals surface area contributed by atoms with Crippen LogP contribution in [0, 0.1) is 0 Å². The predicted molar refractivity (Wildman–Crippen MR) is 112 cm³/mol. The summed E-state index contributed by atoms with van der Waals surface area (Å²) >= 11 is 18.7. The molecule has 0 atom stereocenters. The first-order valence-corrected chi connectivity index (χ1v) is 9.39. The quantitative estimate of drug-likeness (QED) is 0.438. The first-order chi connectivity index (χ1) is 11.9. The van der Waals surface area contributed by atoms with Gasteiger partial charge < -0.3 is 0 Å². The number of rotatable bonds is 3. The number of nitrogens with zero attached hydrogens (tertiary/aromatic N) is 1. The second-order valence-electron chi connectivity index (χ2n) is 5.44. The molecular weight excluding hydrogens is 393 g/mol. The second kappa shape index (κ2) is 7.75. The van der Waals surface area contributed by atoms with Gasteiger partial charge in [-0.1, -0.05) is 83.6 Å². The van der Waals surface area contributed by atoms with E-state index in [9.17, 15) is 4.79 Å². The summed E-state index contributed by atoms with van der Waals surface area (Å²) < 4.78 is 0.460. The summed E-state index contributed by atoms with van der Waals surface area (Å²) in [5, 5.41) is 0.918. The molecule has 2 nitrogen and oxygen atoms in total. The lowest BCUT2D eigenvalue weighted by Crippen LogP contribution is -2.27. The first kappa shape index (κ1) is 18.2. The van der Waals surface area contributed by atoms with Gasteiger partial charge >= 0.3 is 0 Å². The van der Waals surface area contributed by atoms with E-state index in [2.05, 4.69) is 0 Å². The summed E-state index contributed by atoms with van der Waals surface area (Å²) in [6.45, 7) is 1.95. The Morgan fingerprint density at radius 3 is 2.40 bits per heavy atom. The molecule has 0 N–H and O–H groups in total. The van der Waals surface area contributed by atoms with Crippen LogP contribution in [0.5, 0.6) is 0 Å². The maximum Gasteiger partial charge on any atom is 0.270 e. The summed E-state index contributed by atoms with van der Waals surface area (Å²) in [7, 11) is 0. The third kappa shape index (κ3) is 4.33. The lowest BCUT2D eigenvalue weighted by atomic mass is 10.1. The van der Waals surface area contributed by atoms with Crippen LogP contribution in [0.3, 0.4) is 0 Å². The number of hydrogen-bond acceptors (Lipinski definition) is 3. The Kier molecular flexibility index (Phi) is 5.64. The summed E-state index contributed by atoms with van der Waals surface area (Å²) in [5.74, 6) is -0.172. The number of anilines is 1. The largest absolute Gasteiger partial charge is 0.270 e. The molecule has 0 bridgehead atoms. The summed E-state index contributed by atoms with van der Waals surface area (Å²) in [4.78, 5) is 14.8. The van der Waals surface area contributed by atoms with Gasteiger partial charge in [0.2, 0.25) is 0 Å². The van der Waals surface area contributed by atoms with Gasteiger partial charge in [0, 0.05) is 10.0 Å². The molecular formula is C19H13Cl2NOS2. The number of thiocarbonyl (C=S) groups is 1. The van der Waals surface area contributed by atoms with Gasteiger partial charge in [-0.2, -0.15) is 0 Å². The molecule has 0 unspecified atom stereocenters. The van der Waals surface area contributed by atoms with Crippen LogP contribution in [0.1, 0.15) is 12.5 Å². The Hall–Kier alpha value is -1.59. The Labute approximate surface area is 166 Å². The van der Waals surface area contributed by atoms with Gasteiger partial charge in [-0.3, -0.25) is 9.69 Å². The smallest absolute Gasteiger partial charge is 0.268 e. The molecule has 0 radical (unpaired) electrons. The molecule has 1 aliphatic heterocycles. The van der Waals surface area contributed by atoms with E-state index in [0.717, 1.165) is 11.1 Å². The SMILES string of the molecule is CC(=C/c1ccccc1)/C=C1\SC(=S)N(c2cc(Cl)cc(Cl)c2)C1=O. The van der Waals surface area contributed by atoms with Crippen molar-refractivity contribution >= 4 is 69.2 Å². The van der Waals surface area contributed by atoms with Crippen molar-refractivity contribution in [2.24, 2.45) is 0 Å². The molecule has 1 fully saturated rings. The molecule has 1 saturated heterocycles. The Balaban J connectivity index is 1.89. The zero-order chi connectivity index (χ0) is 18.0. The lowest BCUT2D eigenvalue weighted by molar-refractivity contribution is -0.113. The van der Waals surface area contributed by atoms with Crippen molar-refractivity contribution in [3.8, 4) is 0 Å². The van der Waals surface area contributed by atoms with E-state index < -0.39 is 0 Å². The highest BCUT2D eigenvalue weighted by Crippen LogP contribution is 2.37. The molecule has 0 aliphatic carbocycles. The highest BCUT2D eigenvalue weighted by molar-refractivity contribution is 8.27. The maximum absolute atomic E-state index is 12.8. The van der Waals surface area contributed by atoms with E-state index in [0.29, 0.717) is 25.0 Å². The zero-order valence-electron chi connectivity index (χ0n) is 13.2. The minimum absolute atomic E-state index is 0.172. The second-order valence-corrected chi connectivity index (χ2v) is 7.99. The summed E-state index contributed by atoms with van der Waals surface area (Å²) in [5.41, 5.74) is 2.62. The molecule has 126 valence electrons. The molecule has 25 heavy (non-hydrogen) atoms. The lowest BCUT2D eigenvalue weighted by Gasteiger charge is -2.15. The summed E-state index contributed by atoms with van der Waals surface area (Å²) in [6, 6.07) is 14.9. The number of allylic oxidation sites excluding steroid dienone is 2. The third-order valence-electron chi connectivity index (χ3n) is 3.45. The van der Waals surface area contributed by atoms with E-state index in [1.807, 2.05) is 49.4 Å². The van der Waals surface area contributed by atoms with Gasteiger partial charge in [0.1, 0.15) is 0 Å². The minimum atomic E-state index is -0.172. The van der Waals surface area contributed by atoms with Crippen molar-refractivity contribution in [2.45, 2.75) is 6.92 Å². The van der Waals surface area contributed by atoms with Crippen molar-refractivity contribution in [1.82, 2.24) is 0 Å². The number of halogens is 2. The Bertz CT molecular complexity index is 887. The molecule has 3 rings (SSSR count). The highest BCUT2D eigenvalue weighted by atomic mass is 35.5. The molecule has 2 aromatic rings. The molecule has 0 saturated carbocycles. The van der Waals surface area contributed by atoms with Gasteiger partial charge in [-0.05, 0) is 42.3 Å². The average Bonchev–Trinajstić information content (AvgIpc) is 2.81. The van der Waals surface area contributed by atoms with Crippen LogP contribution in [0.2, 0.25) is 10.0 Å². The van der Waals surface area contributed by atoms with Gasteiger partial charge in [0.15, 0.2) is 4.32 Å². The molecule has 0 spiro atoms. The Morgan fingerprint density at radius 2 is 1.76 bits per heavy atom. The first-order valence-electron chi connectivity index (χ1n) is 7.41. The molecule has 6 heteroatoms. The van der Waals surface area contributed by atoms with Crippen LogP contribution in [-0.2, 0) is 4.79 Å². The van der Waals surface area contributed by atoms with Crippen LogP contribution < -0.4 is 4.90 Å². The predicted octanol–water partition coefficient (Wildman–Crippen LogP) is 6.35. The average molecular weight is 406 g/mol. The van der Waals surface area contributed by atoms with E-state index in [-0.39, 0.29) is 5.91 Å². The number of carbonyl (C=O) groups is 1. The number of benzene rings is 2. The van der Waals surface area contributed by atoms with Gasteiger partial charge in [0.25, 0.3) is 5.91 Å². The number of amides is 1. The number of hydrogen-bond donors (Lipinski definition) is 0. The van der Waals surface area contributed by atoms with Crippen molar-refractivity contribution < 1.29 is 4.79 Å². The normalized spacial score (nSPS) is 16.8. The van der Waals surface area contributed by atoms with E-state index in [1.165, 1.54) is 16.7 Å². The molecule has 1 amide bonds. The van der Waals surface area contributed by atoms with Crippen molar-refractivity contribution in [3.05, 3.63) is 80.7 Å². The van der Waals surface area contributed by atoms with Gasteiger partial charge in [-0.15, -0.1) is 0 Å². The molecule has 1 heterocycles. The van der Waals surface area contributed by atoms with Crippen LogP contribution in [0.4, 0.5) is 5.69 Å². The molecule has 2 aromatic carbocycles. The number of thioether (sulfide) groups is 1. The maximum atomic E-state index is 12.8. The van der Waals surface area contributed by atoms with Crippen LogP contribution in [-0.4, -0.2) is 10.2 Å². The third-order valence-corrected chi connectivity index (χ3v) is 5.19. The highest BCUT2D eigenvalue weighted by Gasteiger charge is 2.33. The van der Waals surface area contributed by atoms with E-state index in [4.69, 9.17) is 35.4 Å². The zero-order valence-corrected chi connectivity index (χ0v) is 16.3. The fourth-order valence-corrected chi connectivity index (χ4v) is 4.28. The van der Waals surface area contributed by atoms with Crippen LogP contribution in [0.25, 0.3) is 6.08 Å². The van der Waals surface area contributed by atoms with Crippen molar-refractivity contribution in [2.75, 3.05) is 4.90 Å². The summed E-state index contributed by atoms with van der Waals surface area (Å²) in [6.07, 6.45) is 3.86. The van der Waals surface area contributed by atoms with Gasteiger partial charge in [0.05, 0.1) is 10.6 Å². The Morgan fingerprint density at radius 1 is 1.12 bits per heavy atom. The van der Waals surface area contributed by atoms with Crippen LogP contribution in [0.15, 0.2) is 65.1 Å². The number of carbonyl (C=O) groups excluding carboxylic acids is 1. The van der Waals surface area contributed by atoms with Crippen molar-refractivity contribution in [3.63, 3.8) is 0 Å². The van der Waals surface area contributed by atoms with Crippen LogP contribution >= 0.6 is 47.2 Å². The van der Waals surface area contributed by atoms with E-state index >= 15 is 0 Å². The molecule has 0 aromatic heterocycles.